The number of nitrogens with one attached hydrogen (secondary N) is 1. The summed E-state index contributed by atoms with van der Waals surface area (Å²) in [5.74, 6) is 0.497. The number of hydrogen-bond donors (Lipinski definition) is 2. The van der Waals surface area contributed by atoms with Crippen LogP contribution in [-0.4, -0.2) is 9.97 Å². The lowest BCUT2D eigenvalue weighted by molar-refractivity contribution is 1.11. The topological polar surface area (TPSA) is 63.8 Å². The number of aromatic nitrogens is 2. The third-order valence-corrected chi connectivity index (χ3v) is 3.43. The number of allylic oxidation sites excluding steroid dienone is 4. The lowest BCUT2D eigenvalue weighted by Gasteiger charge is -2.10. The predicted molar refractivity (Wildman–Crippen MR) is 97.5 cm³/mol. The highest BCUT2D eigenvalue weighted by Crippen LogP contribution is 2.24. The van der Waals surface area contributed by atoms with E-state index in [-0.39, 0.29) is 0 Å². The summed E-state index contributed by atoms with van der Waals surface area (Å²) in [4.78, 5) is 8.80. The molecule has 3 N–H and O–H groups in total. The smallest absolute Gasteiger partial charge is 0.227 e. The van der Waals surface area contributed by atoms with Gasteiger partial charge in [-0.05, 0) is 48.5 Å². The SMILES string of the molecule is C=C(CC)/C(=C\C=C/N)c1ccnc(Nc2cccc(Cl)c2)n1. The summed E-state index contributed by atoms with van der Waals surface area (Å²) in [6.07, 6.45) is 7.68. The molecule has 0 atom stereocenters. The van der Waals surface area contributed by atoms with E-state index in [1.807, 2.05) is 36.4 Å². The molecule has 1 aromatic carbocycles. The summed E-state index contributed by atoms with van der Waals surface area (Å²) in [5.41, 5.74) is 8.96. The van der Waals surface area contributed by atoms with E-state index in [0.29, 0.717) is 11.0 Å². The monoisotopic (exact) mass is 326 g/mol. The van der Waals surface area contributed by atoms with Gasteiger partial charge in [-0.25, -0.2) is 9.97 Å². The molecule has 0 spiro atoms. The Morgan fingerprint density at radius 2 is 2.22 bits per heavy atom. The number of benzene rings is 1. The van der Waals surface area contributed by atoms with Crippen LogP contribution in [0.25, 0.3) is 5.57 Å². The van der Waals surface area contributed by atoms with Crippen molar-refractivity contribution in [3.8, 4) is 0 Å². The second kappa shape index (κ2) is 8.15. The van der Waals surface area contributed by atoms with Gasteiger partial charge >= 0.3 is 0 Å². The zero-order valence-electron chi connectivity index (χ0n) is 13.0. The zero-order valence-corrected chi connectivity index (χ0v) is 13.7. The van der Waals surface area contributed by atoms with Gasteiger partial charge in [-0.2, -0.15) is 0 Å². The number of rotatable bonds is 6. The molecule has 0 aliphatic rings. The third kappa shape index (κ3) is 4.69. The van der Waals surface area contributed by atoms with Gasteiger partial charge in [0, 0.05) is 22.5 Å². The fraction of sp³-hybridized carbons (Fsp3) is 0.111. The van der Waals surface area contributed by atoms with Crippen molar-refractivity contribution in [3.05, 3.63) is 77.7 Å². The van der Waals surface area contributed by atoms with E-state index < -0.39 is 0 Å². The molecule has 1 heterocycles. The van der Waals surface area contributed by atoms with Crippen molar-refractivity contribution in [3.63, 3.8) is 0 Å². The molecule has 4 nitrogen and oxygen atoms in total. The van der Waals surface area contributed by atoms with E-state index in [1.54, 1.807) is 12.3 Å². The Morgan fingerprint density at radius 3 is 2.91 bits per heavy atom. The molecule has 2 rings (SSSR count). The van der Waals surface area contributed by atoms with Gasteiger partial charge < -0.3 is 11.1 Å². The Balaban J connectivity index is 2.32. The Labute approximate surface area is 141 Å². The quantitative estimate of drug-likeness (QED) is 0.755. The molecule has 0 fully saturated rings. The lowest BCUT2D eigenvalue weighted by Crippen LogP contribution is -2.00. The largest absolute Gasteiger partial charge is 0.405 e. The first-order valence-corrected chi connectivity index (χ1v) is 7.64. The van der Waals surface area contributed by atoms with Gasteiger partial charge in [0.1, 0.15) is 0 Å². The molecule has 0 bridgehead atoms. The van der Waals surface area contributed by atoms with Gasteiger partial charge in [0.05, 0.1) is 5.69 Å². The molecular formula is C18H19ClN4. The highest BCUT2D eigenvalue weighted by molar-refractivity contribution is 6.30. The standard InChI is InChI=1S/C18H19ClN4/c1-3-13(2)16(8-5-10-20)17-9-11-21-18(23-17)22-15-7-4-6-14(19)12-15/h4-12H,2-3,20H2,1H3,(H,21,22,23)/b10-5-,16-8+. The van der Waals surface area contributed by atoms with Gasteiger partial charge in [0.15, 0.2) is 0 Å². The van der Waals surface area contributed by atoms with E-state index in [0.717, 1.165) is 28.9 Å². The molecule has 2 aromatic rings. The average molecular weight is 327 g/mol. The first-order chi connectivity index (χ1) is 11.1. The molecule has 118 valence electrons. The van der Waals surface area contributed by atoms with Gasteiger partial charge in [-0.1, -0.05) is 37.2 Å². The van der Waals surface area contributed by atoms with Crippen LogP contribution in [0.1, 0.15) is 19.0 Å². The molecular weight excluding hydrogens is 308 g/mol. The van der Waals surface area contributed by atoms with Crippen molar-refractivity contribution in [2.75, 3.05) is 5.32 Å². The normalized spacial score (nSPS) is 11.7. The molecule has 0 amide bonds. The maximum atomic E-state index is 5.99. The Kier molecular flexibility index (Phi) is 5.94. The number of anilines is 2. The van der Waals surface area contributed by atoms with Gasteiger partial charge in [0.25, 0.3) is 0 Å². The van der Waals surface area contributed by atoms with Crippen LogP contribution in [0.4, 0.5) is 11.6 Å². The Morgan fingerprint density at radius 1 is 1.39 bits per heavy atom. The van der Waals surface area contributed by atoms with E-state index in [1.165, 1.54) is 6.20 Å². The van der Waals surface area contributed by atoms with Crippen molar-refractivity contribution in [1.29, 1.82) is 0 Å². The number of nitrogens with two attached hydrogens (primary N) is 1. The van der Waals surface area contributed by atoms with Crippen molar-refractivity contribution in [2.45, 2.75) is 13.3 Å². The van der Waals surface area contributed by atoms with Gasteiger partial charge in [0.2, 0.25) is 5.95 Å². The van der Waals surface area contributed by atoms with E-state index in [4.69, 9.17) is 17.3 Å². The first kappa shape index (κ1) is 16.8. The fourth-order valence-corrected chi connectivity index (χ4v) is 2.18. The molecule has 0 unspecified atom stereocenters. The van der Waals surface area contributed by atoms with Crippen LogP contribution in [0, 0.1) is 0 Å². The van der Waals surface area contributed by atoms with Gasteiger partial charge in [-0.15, -0.1) is 0 Å². The average Bonchev–Trinajstić information content (AvgIpc) is 2.55. The minimum absolute atomic E-state index is 0.497. The zero-order chi connectivity index (χ0) is 16.7. The maximum absolute atomic E-state index is 5.99. The second-order valence-corrected chi connectivity index (χ2v) is 5.26. The molecule has 0 radical (unpaired) electrons. The van der Waals surface area contributed by atoms with Crippen LogP contribution < -0.4 is 11.1 Å². The first-order valence-electron chi connectivity index (χ1n) is 7.26. The van der Waals surface area contributed by atoms with Crippen molar-refractivity contribution < 1.29 is 0 Å². The second-order valence-electron chi connectivity index (χ2n) is 4.82. The van der Waals surface area contributed by atoms with Crippen LogP contribution in [0.5, 0.6) is 0 Å². The van der Waals surface area contributed by atoms with Crippen molar-refractivity contribution >= 4 is 28.8 Å². The van der Waals surface area contributed by atoms with Crippen molar-refractivity contribution in [2.24, 2.45) is 5.73 Å². The molecule has 0 saturated heterocycles. The highest BCUT2D eigenvalue weighted by Gasteiger charge is 2.08. The van der Waals surface area contributed by atoms with E-state index >= 15 is 0 Å². The van der Waals surface area contributed by atoms with Crippen LogP contribution in [0.3, 0.4) is 0 Å². The summed E-state index contributed by atoms with van der Waals surface area (Å²) >= 11 is 5.99. The summed E-state index contributed by atoms with van der Waals surface area (Å²) < 4.78 is 0. The Hall–Kier alpha value is -2.59. The molecule has 23 heavy (non-hydrogen) atoms. The summed E-state index contributed by atoms with van der Waals surface area (Å²) in [7, 11) is 0. The van der Waals surface area contributed by atoms with E-state index in [9.17, 15) is 0 Å². The van der Waals surface area contributed by atoms with Gasteiger partial charge in [-0.3, -0.25) is 0 Å². The third-order valence-electron chi connectivity index (χ3n) is 3.19. The number of nitrogens with zero attached hydrogens (tertiary/aromatic N) is 2. The van der Waals surface area contributed by atoms with Crippen LogP contribution in [0.2, 0.25) is 5.02 Å². The molecule has 0 aliphatic heterocycles. The number of hydrogen-bond acceptors (Lipinski definition) is 4. The predicted octanol–water partition coefficient (Wildman–Crippen LogP) is 4.70. The highest BCUT2D eigenvalue weighted by atomic mass is 35.5. The molecule has 0 saturated carbocycles. The van der Waals surface area contributed by atoms with Crippen molar-refractivity contribution in [1.82, 2.24) is 9.97 Å². The van der Waals surface area contributed by atoms with Crippen LogP contribution in [0.15, 0.2) is 67.0 Å². The number of halogens is 1. The summed E-state index contributed by atoms with van der Waals surface area (Å²) in [6.45, 7) is 6.14. The minimum atomic E-state index is 0.497. The summed E-state index contributed by atoms with van der Waals surface area (Å²) in [6, 6.07) is 9.25. The molecule has 0 aliphatic carbocycles. The summed E-state index contributed by atoms with van der Waals surface area (Å²) in [5, 5.41) is 3.80. The molecule has 5 heteroatoms. The molecule has 1 aromatic heterocycles. The van der Waals surface area contributed by atoms with Crippen LogP contribution in [-0.2, 0) is 0 Å². The lowest BCUT2D eigenvalue weighted by atomic mass is 10.0. The maximum Gasteiger partial charge on any atom is 0.227 e. The fourth-order valence-electron chi connectivity index (χ4n) is 1.99. The van der Waals surface area contributed by atoms with E-state index in [2.05, 4.69) is 28.8 Å². The minimum Gasteiger partial charge on any atom is -0.405 e. The van der Waals surface area contributed by atoms with Crippen LogP contribution >= 0.6 is 11.6 Å². The Bertz CT molecular complexity index is 750.